The van der Waals surface area contributed by atoms with E-state index in [2.05, 4.69) is 20.2 Å². The summed E-state index contributed by atoms with van der Waals surface area (Å²) in [4.78, 5) is 9.03. The second-order valence-electron chi connectivity index (χ2n) is 5.18. The molecule has 5 heteroatoms. The van der Waals surface area contributed by atoms with E-state index in [0.717, 1.165) is 38.5 Å². The molecule has 0 radical (unpaired) electrons. The van der Waals surface area contributed by atoms with Gasteiger partial charge in [-0.05, 0) is 30.3 Å². The predicted molar refractivity (Wildman–Crippen MR) is 84.4 cm³/mol. The molecule has 0 amide bonds. The second-order valence-corrected chi connectivity index (χ2v) is 5.18. The molecule has 0 unspecified atom stereocenters. The lowest BCUT2D eigenvalue weighted by Crippen LogP contribution is -1.84. The van der Waals surface area contributed by atoms with E-state index < -0.39 is 0 Å². The lowest BCUT2D eigenvalue weighted by atomic mass is 10.1. The van der Waals surface area contributed by atoms with Crippen molar-refractivity contribution in [3.05, 3.63) is 54.9 Å². The molecule has 5 nitrogen and oxygen atoms in total. The number of benzene rings is 2. The fourth-order valence-corrected chi connectivity index (χ4v) is 2.73. The van der Waals surface area contributed by atoms with Crippen molar-refractivity contribution in [3.8, 4) is 11.5 Å². The molecular weight excluding hydrogens is 276 g/mol. The first kappa shape index (κ1) is 11.4. The molecule has 1 N–H and O–H groups in total. The first-order valence-corrected chi connectivity index (χ1v) is 6.96. The number of fused-ring (bicyclic) bond motifs is 4. The molecule has 0 aliphatic heterocycles. The number of hydrogen-bond donors (Lipinski definition) is 1. The van der Waals surface area contributed by atoms with Crippen molar-refractivity contribution in [1.29, 1.82) is 0 Å². The van der Waals surface area contributed by atoms with Crippen molar-refractivity contribution in [2.45, 2.75) is 0 Å². The Morgan fingerprint density at radius 2 is 1.91 bits per heavy atom. The molecule has 0 saturated carbocycles. The quantitative estimate of drug-likeness (QED) is 0.507. The molecule has 5 aromatic rings. The highest BCUT2D eigenvalue weighted by Crippen LogP contribution is 2.28. The van der Waals surface area contributed by atoms with Crippen LogP contribution in [0.2, 0.25) is 0 Å². The number of aromatic amines is 1. The molecule has 3 heterocycles. The highest BCUT2D eigenvalue weighted by atomic mass is 16.3. The zero-order valence-corrected chi connectivity index (χ0v) is 11.4. The first-order chi connectivity index (χ1) is 10.9. The third-order valence-corrected chi connectivity index (χ3v) is 3.82. The average molecular weight is 286 g/mol. The number of pyridine rings is 1. The molecule has 0 spiro atoms. The molecule has 0 fully saturated rings. The number of hydrogen-bond acceptors (Lipinski definition) is 4. The molecule has 0 atom stereocenters. The highest BCUT2D eigenvalue weighted by molar-refractivity contribution is 6.04. The van der Waals surface area contributed by atoms with Crippen molar-refractivity contribution in [1.82, 2.24) is 20.2 Å². The van der Waals surface area contributed by atoms with E-state index in [1.54, 1.807) is 12.4 Å². The van der Waals surface area contributed by atoms with E-state index in [9.17, 15) is 0 Å². The van der Waals surface area contributed by atoms with Crippen LogP contribution in [0, 0.1) is 0 Å². The number of aromatic nitrogens is 4. The van der Waals surface area contributed by atoms with Gasteiger partial charge in [0, 0.05) is 17.0 Å². The molecule has 0 aliphatic rings. The van der Waals surface area contributed by atoms with E-state index in [0.29, 0.717) is 5.89 Å². The van der Waals surface area contributed by atoms with Crippen molar-refractivity contribution in [3.63, 3.8) is 0 Å². The zero-order valence-electron chi connectivity index (χ0n) is 11.4. The van der Waals surface area contributed by atoms with Crippen LogP contribution in [0.25, 0.3) is 44.4 Å². The van der Waals surface area contributed by atoms with Crippen LogP contribution in [0.15, 0.2) is 59.3 Å². The maximum Gasteiger partial charge on any atom is 0.228 e. The summed E-state index contributed by atoms with van der Waals surface area (Å²) < 4.78 is 5.82. The molecule has 2 aromatic carbocycles. The number of nitrogens with one attached hydrogen (secondary N) is 1. The van der Waals surface area contributed by atoms with Crippen molar-refractivity contribution in [2.75, 3.05) is 0 Å². The molecule has 0 bridgehead atoms. The van der Waals surface area contributed by atoms with E-state index in [4.69, 9.17) is 4.42 Å². The Morgan fingerprint density at radius 3 is 2.86 bits per heavy atom. The van der Waals surface area contributed by atoms with E-state index in [1.807, 2.05) is 42.5 Å². The minimum Gasteiger partial charge on any atom is -0.436 e. The summed E-state index contributed by atoms with van der Waals surface area (Å²) in [5.41, 5.74) is 4.36. The van der Waals surface area contributed by atoms with Gasteiger partial charge in [-0.2, -0.15) is 5.10 Å². The summed E-state index contributed by atoms with van der Waals surface area (Å²) in [6, 6.07) is 13.8. The van der Waals surface area contributed by atoms with Crippen LogP contribution in [0.3, 0.4) is 0 Å². The normalized spacial score (nSPS) is 11.6. The van der Waals surface area contributed by atoms with Gasteiger partial charge in [-0.25, -0.2) is 4.98 Å². The van der Waals surface area contributed by atoms with Gasteiger partial charge in [0.25, 0.3) is 0 Å². The van der Waals surface area contributed by atoms with Gasteiger partial charge in [-0.15, -0.1) is 0 Å². The maximum absolute atomic E-state index is 5.82. The minimum absolute atomic E-state index is 0.576. The Morgan fingerprint density at radius 1 is 0.955 bits per heavy atom. The van der Waals surface area contributed by atoms with Crippen molar-refractivity contribution >= 4 is 32.9 Å². The number of para-hydroxylation sites is 2. The Bertz CT molecular complexity index is 1110. The highest BCUT2D eigenvalue weighted by Gasteiger charge is 2.11. The van der Waals surface area contributed by atoms with Gasteiger partial charge >= 0.3 is 0 Å². The molecule has 5 rings (SSSR count). The van der Waals surface area contributed by atoms with Gasteiger partial charge in [0.05, 0.1) is 22.8 Å². The topological polar surface area (TPSA) is 67.6 Å². The Kier molecular flexibility index (Phi) is 2.16. The van der Waals surface area contributed by atoms with E-state index in [-0.39, 0.29) is 0 Å². The molecule has 3 aromatic heterocycles. The summed E-state index contributed by atoms with van der Waals surface area (Å²) >= 11 is 0. The molecular formula is C17H10N4O. The summed E-state index contributed by atoms with van der Waals surface area (Å²) in [6.45, 7) is 0. The summed E-state index contributed by atoms with van der Waals surface area (Å²) in [6.07, 6.45) is 3.59. The van der Waals surface area contributed by atoms with Gasteiger partial charge in [-0.1, -0.05) is 12.1 Å². The molecule has 22 heavy (non-hydrogen) atoms. The number of nitrogens with zero attached hydrogens (tertiary/aromatic N) is 3. The van der Waals surface area contributed by atoms with E-state index in [1.165, 1.54) is 0 Å². The fourth-order valence-electron chi connectivity index (χ4n) is 2.73. The molecule has 0 saturated heterocycles. The third-order valence-electron chi connectivity index (χ3n) is 3.82. The van der Waals surface area contributed by atoms with Crippen LogP contribution in [0.1, 0.15) is 0 Å². The fraction of sp³-hybridized carbons (Fsp3) is 0. The smallest absolute Gasteiger partial charge is 0.228 e. The lowest BCUT2D eigenvalue weighted by Gasteiger charge is -2.01. The van der Waals surface area contributed by atoms with Gasteiger partial charge in [0.1, 0.15) is 5.52 Å². The zero-order chi connectivity index (χ0) is 14.5. The van der Waals surface area contributed by atoms with Gasteiger partial charge in [-0.3, -0.25) is 10.1 Å². The Labute approximate surface area is 124 Å². The van der Waals surface area contributed by atoms with Crippen LogP contribution < -0.4 is 0 Å². The third kappa shape index (κ3) is 1.56. The maximum atomic E-state index is 5.82. The lowest BCUT2D eigenvalue weighted by molar-refractivity contribution is 0.619. The summed E-state index contributed by atoms with van der Waals surface area (Å²) in [7, 11) is 0. The predicted octanol–water partition coefficient (Wildman–Crippen LogP) is 3.92. The van der Waals surface area contributed by atoms with Gasteiger partial charge in [0.2, 0.25) is 5.89 Å². The number of oxazole rings is 1. The van der Waals surface area contributed by atoms with Crippen LogP contribution in [-0.4, -0.2) is 20.2 Å². The minimum atomic E-state index is 0.576. The monoisotopic (exact) mass is 286 g/mol. The van der Waals surface area contributed by atoms with Crippen LogP contribution >= 0.6 is 0 Å². The standard InChI is InChI=1S/C17H10N4O/c1-2-4-15-14(3-1)20-17(22-15)11-7-12-13(18-8-11)6-5-10-9-19-21-16(10)12/h1-9H,(H,19,21). The molecule has 104 valence electrons. The number of H-pyrrole nitrogens is 1. The first-order valence-electron chi connectivity index (χ1n) is 6.96. The summed E-state index contributed by atoms with van der Waals surface area (Å²) in [5, 5.41) is 9.19. The van der Waals surface area contributed by atoms with Crippen LogP contribution in [0.4, 0.5) is 0 Å². The van der Waals surface area contributed by atoms with Crippen molar-refractivity contribution in [2.24, 2.45) is 0 Å². The Balaban J connectivity index is 1.80. The van der Waals surface area contributed by atoms with Crippen molar-refractivity contribution < 1.29 is 4.42 Å². The molecule has 0 aliphatic carbocycles. The Hall–Kier alpha value is -3.21. The largest absolute Gasteiger partial charge is 0.436 e. The summed E-state index contributed by atoms with van der Waals surface area (Å²) in [5.74, 6) is 0.576. The average Bonchev–Trinajstić information content (AvgIpc) is 3.20. The SMILES string of the molecule is c1ccc2oc(-c3cnc4ccc5cn[nH]c5c4c3)nc2c1. The van der Waals surface area contributed by atoms with Gasteiger partial charge in [0.15, 0.2) is 5.58 Å². The number of rotatable bonds is 1. The van der Waals surface area contributed by atoms with Crippen LogP contribution in [-0.2, 0) is 0 Å². The second kappa shape index (κ2) is 4.14. The van der Waals surface area contributed by atoms with Crippen LogP contribution in [0.5, 0.6) is 0 Å². The van der Waals surface area contributed by atoms with Gasteiger partial charge < -0.3 is 4.42 Å². The van der Waals surface area contributed by atoms with E-state index >= 15 is 0 Å².